The highest BCUT2D eigenvalue weighted by molar-refractivity contribution is 5.06. The van der Waals surface area contributed by atoms with Crippen LogP contribution in [-0.4, -0.2) is 19.8 Å². The van der Waals surface area contributed by atoms with E-state index in [-0.39, 0.29) is 12.0 Å². The Morgan fingerprint density at radius 1 is 1.50 bits per heavy atom. The van der Waals surface area contributed by atoms with E-state index in [1.54, 1.807) is 6.92 Å². The maximum absolute atomic E-state index is 11.1. The molecule has 1 aliphatic heterocycles. The Morgan fingerprint density at radius 3 is 2.75 bits per heavy atom. The van der Waals surface area contributed by atoms with Crippen LogP contribution >= 0.6 is 0 Å². The Hall–Kier alpha value is -0.700. The largest absolute Gasteiger partial charge is 0.466 e. The highest BCUT2D eigenvalue weighted by Gasteiger charge is 2.19. The maximum atomic E-state index is 11.1. The lowest BCUT2D eigenvalue weighted by Gasteiger charge is -2.22. The molecule has 1 fully saturated rings. The van der Waals surface area contributed by atoms with Crippen molar-refractivity contribution in [1.82, 2.24) is 0 Å². The van der Waals surface area contributed by atoms with Gasteiger partial charge < -0.3 is 9.47 Å². The van der Waals surface area contributed by atoms with Gasteiger partial charge in [0.15, 0.2) is 0 Å². The molecule has 0 aromatic heterocycles. The van der Waals surface area contributed by atoms with Crippen LogP contribution in [0.5, 0.6) is 0 Å². The van der Waals surface area contributed by atoms with Gasteiger partial charge in [-0.2, -0.15) is 0 Å². The summed E-state index contributed by atoms with van der Waals surface area (Å²) >= 11 is 0. The summed E-state index contributed by atoms with van der Waals surface area (Å²) in [5.41, 5.74) is 0.692. The molecule has 1 heterocycles. The number of ether oxygens (including phenoxy) is 2. The minimum Gasteiger partial charge on any atom is -0.466 e. The minimum absolute atomic E-state index is 0.00815. The normalized spacial score (nSPS) is 26.3. The Morgan fingerprint density at radius 2 is 2.25 bits per heavy atom. The molecule has 1 rings (SSSR count). The molecule has 0 amide bonds. The molecular weight excluding hydrogens is 156 g/mol. The van der Waals surface area contributed by atoms with E-state index in [9.17, 15) is 5.11 Å². The Balaban J connectivity index is 2.55. The fourth-order valence-electron chi connectivity index (χ4n) is 1.37. The molecule has 3 heteroatoms. The monoisotopic (exact) mass is 171 g/mol. The number of rotatable bonds is 2. The lowest BCUT2D eigenvalue weighted by atomic mass is 10.0. The first-order valence-corrected chi connectivity index (χ1v) is 4.29. The topological polar surface area (TPSA) is 38.4 Å². The lowest BCUT2D eigenvalue weighted by Crippen LogP contribution is -2.21. The van der Waals surface area contributed by atoms with Gasteiger partial charge in [-0.05, 0) is 26.2 Å². The van der Waals surface area contributed by atoms with Gasteiger partial charge in [0.2, 0.25) is 0 Å². The fourth-order valence-corrected chi connectivity index (χ4v) is 1.37. The van der Waals surface area contributed by atoms with Crippen molar-refractivity contribution in [2.75, 3.05) is 13.7 Å². The third kappa shape index (κ3) is 2.14. The van der Waals surface area contributed by atoms with E-state index in [0.29, 0.717) is 5.57 Å². The maximum Gasteiger partial charge on any atom is 0.331 e. The van der Waals surface area contributed by atoms with Gasteiger partial charge in [-0.15, -0.1) is 0 Å². The van der Waals surface area contributed by atoms with E-state index in [4.69, 9.17) is 4.74 Å². The Kier molecular flexibility index (Phi) is 3.41. The highest BCUT2D eigenvalue weighted by atomic mass is 16.6. The predicted molar refractivity (Wildman–Crippen MR) is 44.0 cm³/mol. The molecule has 0 aromatic carbocycles. The Labute approximate surface area is 73.0 Å². The van der Waals surface area contributed by atoms with Crippen LogP contribution in [0.15, 0.2) is 11.5 Å². The van der Waals surface area contributed by atoms with Crippen LogP contribution in [0, 0.1) is 0 Å². The molecule has 3 nitrogen and oxygen atoms in total. The first kappa shape index (κ1) is 9.39. The summed E-state index contributed by atoms with van der Waals surface area (Å²) in [4.78, 5) is 0. The van der Waals surface area contributed by atoms with Gasteiger partial charge in [0.25, 0.3) is 0 Å². The van der Waals surface area contributed by atoms with Gasteiger partial charge >= 0.3 is 5.95 Å². The summed E-state index contributed by atoms with van der Waals surface area (Å²) in [6.07, 6.45) is 3.18. The molecule has 1 radical (unpaired) electrons. The molecule has 0 aromatic rings. The van der Waals surface area contributed by atoms with E-state index in [0.717, 1.165) is 25.9 Å². The van der Waals surface area contributed by atoms with Crippen molar-refractivity contribution in [2.45, 2.75) is 32.3 Å². The molecule has 0 N–H and O–H groups in total. The molecule has 69 valence electrons. The lowest BCUT2D eigenvalue weighted by molar-refractivity contribution is 0.0197. The smallest absolute Gasteiger partial charge is 0.331 e. The zero-order valence-corrected chi connectivity index (χ0v) is 7.63. The SMILES string of the molecule is CO/C([O])=C(\C)[C@H]1CCCCO1. The van der Waals surface area contributed by atoms with Gasteiger partial charge in [0.1, 0.15) is 0 Å². The Bertz CT molecular complexity index is 169. The van der Waals surface area contributed by atoms with Crippen LogP contribution in [0.25, 0.3) is 0 Å². The molecule has 12 heavy (non-hydrogen) atoms. The average Bonchev–Trinajstić information content (AvgIpc) is 2.17. The summed E-state index contributed by atoms with van der Waals surface area (Å²) in [7, 11) is 1.40. The van der Waals surface area contributed by atoms with Crippen molar-refractivity contribution in [2.24, 2.45) is 0 Å². The van der Waals surface area contributed by atoms with Gasteiger partial charge in [-0.25, -0.2) is 5.11 Å². The van der Waals surface area contributed by atoms with Crippen LogP contribution in [0.3, 0.4) is 0 Å². The van der Waals surface area contributed by atoms with E-state index >= 15 is 0 Å². The summed E-state index contributed by atoms with van der Waals surface area (Å²) in [6.45, 7) is 2.54. The van der Waals surface area contributed by atoms with E-state index in [1.807, 2.05) is 0 Å². The van der Waals surface area contributed by atoms with Crippen LogP contribution < -0.4 is 0 Å². The first-order chi connectivity index (χ1) is 5.75. The zero-order valence-electron chi connectivity index (χ0n) is 7.63. The van der Waals surface area contributed by atoms with E-state index < -0.39 is 0 Å². The van der Waals surface area contributed by atoms with Crippen molar-refractivity contribution >= 4 is 0 Å². The number of methoxy groups -OCH3 is 1. The first-order valence-electron chi connectivity index (χ1n) is 4.29. The molecule has 0 unspecified atom stereocenters. The van der Waals surface area contributed by atoms with Crippen LogP contribution in [0.2, 0.25) is 0 Å². The van der Waals surface area contributed by atoms with Gasteiger partial charge in [0, 0.05) is 12.2 Å². The van der Waals surface area contributed by atoms with E-state index in [1.165, 1.54) is 7.11 Å². The number of hydrogen-bond acceptors (Lipinski definition) is 2. The summed E-state index contributed by atoms with van der Waals surface area (Å²) in [6, 6.07) is 0. The van der Waals surface area contributed by atoms with Gasteiger partial charge in [-0.3, -0.25) is 0 Å². The van der Waals surface area contributed by atoms with E-state index in [2.05, 4.69) is 4.74 Å². The minimum atomic E-state index is -0.248. The average molecular weight is 171 g/mol. The molecule has 1 aliphatic rings. The molecule has 0 saturated carbocycles. The van der Waals surface area contributed by atoms with Crippen molar-refractivity contribution in [1.29, 1.82) is 0 Å². The summed E-state index contributed by atoms with van der Waals surface area (Å²) in [5, 5.41) is 11.1. The quantitative estimate of drug-likeness (QED) is 0.595. The summed E-state index contributed by atoms with van der Waals surface area (Å²) in [5.74, 6) is -0.248. The van der Waals surface area contributed by atoms with Gasteiger partial charge in [-0.1, -0.05) is 0 Å². The van der Waals surface area contributed by atoms with Crippen LogP contribution in [0.1, 0.15) is 26.2 Å². The van der Waals surface area contributed by atoms with Crippen molar-refractivity contribution in [3.63, 3.8) is 0 Å². The standard InChI is InChI=1S/C9H15O3/c1-7(9(10)11-2)8-5-3-4-6-12-8/h8H,3-6H2,1-2H3/b9-7+/t8-/m1/s1. The predicted octanol–water partition coefficient (Wildman–Crippen LogP) is 1.86. The second-order valence-electron chi connectivity index (χ2n) is 3.03. The third-order valence-corrected chi connectivity index (χ3v) is 2.17. The molecular formula is C9H15O3. The molecule has 0 spiro atoms. The molecule has 0 aliphatic carbocycles. The molecule has 1 saturated heterocycles. The zero-order chi connectivity index (χ0) is 8.97. The second kappa shape index (κ2) is 4.36. The second-order valence-corrected chi connectivity index (χ2v) is 3.03. The van der Waals surface area contributed by atoms with Crippen LogP contribution in [0.4, 0.5) is 0 Å². The third-order valence-electron chi connectivity index (χ3n) is 2.17. The fraction of sp³-hybridized carbons (Fsp3) is 0.778. The molecule has 1 atom stereocenters. The highest BCUT2D eigenvalue weighted by Crippen LogP contribution is 2.21. The van der Waals surface area contributed by atoms with Crippen LogP contribution in [-0.2, 0) is 14.6 Å². The van der Waals surface area contributed by atoms with Crippen molar-refractivity contribution in [3.8, 4) is 0 Å². The van der Waals surface area contributed by atoms with Crippen molar-refractivity contribution < 1.29 is 14.6 Å². The number of hydrogen-bond donors (Lipinski definition) is 0. The summed E-state index contributed by atoms with van der Waals surface area (Å²) < 4.78 is 10.0. The molecule has 0 bridgehead atoms. The van der Waals surface area contributed by atoms with Gasteiger partial charge in [0.05, 0.1) is 13.2 Å². The van der Waals surface area contributed by atoms with Crippen molar-refractivity contribution in [3.05, 3.63) is 11.5 Å².